The number of hydrogen-bond donors (Lipinski definition) is 0. The Balaban J connectivity index is 2.27. The summed E-state index contributed by atoms with van der Waals surface area (Å²) in [6.07, 6.45) is 2.68. The molecule has 2 rings (SSSR count). The van der Waals surface area contributed by atoms with Crippen molar-refractivity contribution in [2.24, 2.45) is 11.8 Å². The molecule has 1 saturated carbocycles. The van der Waals surface area contributed by atoms with Gasteiger partial charge in [-0.1, -0.05) is 6.42 Å². The SMILES string of the molecule is O=C1OC(=O)[C@@H]2CCC[C@@H]12. The summed E-state index contributed by atoms with van der Waals surface area (Å²) in [7, 11) is 0. The minimum atomic E-state index is -0.299. The van der Waals surface area contributed by atoms with Crippen molar-refractivity contribution >= 4 is 11.9 Å². The average molecular weight is 140 g/mol. The van der Waals surface area contributed by atoms with Crippen LogP contribution in [0.4, 0.5) is 0 Å². The zero-order valence-corrected chi connectivity index (χ0v) is 5.50. The fourth-order valence-electron chi connectivity index (χ4n) is 1.77. The molecule has 0 aromatic carbocycles. The van der Waals surface area contributed by atoms with Crippen molar-refractivity contribution in [1.82, 2.24) is 0 Å². The third-order valence-electron chi connectivity index (χ3n) is 2.32. The van der Waals surface area contributed by atoms with Gasteiger partial charge < -0.3 is 4.74 Å². The summed E-state index contributed by atoms with van der Waals surface area (Å²) < 4.78 is 4.45. The van der Waals surface area contributed by atoms with E-state index >= 15 is 0 Å². The summed E-state index contributed by atoms with van der Waals surface area (Å²) in [6, 6.07) is 0. The number of cyclic esters (lactones) is 2. The maximum absolute atomic E-state index is 10.8. The van der Waals surface area contributed by atoms with Crippen LogP contribution in [0.5, 0.6) is 0 Å². The van der Waals surface area contributed by atoms with Gasteiger partial charge in [-0.2, -0.15) is 0 Å². The fraction of sp³-hybridized carbons (Fsp3) is 0.714. The Labute approximate surface area is 58.4 Å². The normalized spacial score (nSPS) is 38.0. The van der Waals surface area contributed by atoms with Gasteiger partial charge in [-0.15, -0.1) is 0 Å². The highest BCUT2D eigenvalue weighted by Gasteiger charge is 2.46. The van der Waals surface area contributed by atoms with Crippen LogP contribution in [0.3, 0.4) is 0 Å². The van der Waals surface area contributed by atoms with E-state index in [2.05, 4.69) is 4.74 Å². The highest BCUT2D eigenvalue weighted by Crippen LogP contribution is 2.37. The Kier molecular flexibility index (Phi) is 1.07. The molecule has 1 aliphatic carbocycles. The molecule has 1 heterocycles. The lowest BCUT2D eigenvalue weighted by atomic mass is 10.00. The van der Waals surface area contributed by atoms with Crippen LogP contribution in [-0.2, 0) is 14.3 Å². The van der Waals surface area contributed by atoms with Crippen molar-refractivity contribution in [3.05, 3.63) is 0 Å². The van der Waals surface area contributed by atoms with Crippen molar-refractivity contribution in [3.8, 4) is 0 Å². The first-order chi connectivity index (χ1) is 4.79. The molecule has 0 N–H and O–H groups in total. The first kappa shape index (κ1) is 5.89. The highest BCUT2D eigenvalue weighted by atomic mass is 16.6. The van der Waals surface area contributed by atoms with Gasteiger partial charge in [0.15, 0.2) is 0 Å². The topological polar surface area (TPSA) is 43.4 Å². The second kappa shape index (κ2) is 1.81. The van der Waals surface area contributed by atoms with Crippen molar-refractivity contribution < 1.29 is 14.3 Å². The smallest absolute Gasteiger partial charge is 0.317 e. The molecule has 0 spiro atoms. The van der Waals surface area contributed by atoms with Gasteiger partial charge in [-0.05, 0) is 12.8 Å². The molecule has 0 radical (unpaired) electrons. The summed E-state index contributed by atoms with van der Waals surface area (Å²) in [5, 5.41) is 0. The minimum absolute atomic E-state index is 0.0903. The van der Waals surface area contributed by atoms with Crippen LogP contribution < -0.4 is 0 Å². The molecule has 0 aromatic rings. The van der Waals surface area contributed by atoms with Gasteiger partial charge in [0, 0.05) is 0 Å². The molecular formula is C7H8O3. The number of ether oxygens (including phenoxy) is 1. The molecule has 0 aromatic heterocycles. The van der Waals surface area contributed by atoms with E-state index in [1.54, 1.807) is 0 Å². The standard InChI is InChI=1S/C7H8O3/c8-6-4-2-1-3-5(4)7(9)10-6/h4-5H,1-3H2/t4-,5-/m1/s1. The lowest BCUT2D eigenvalue weighted by Crippen LogP contribution is -2.09. The minimum Gasteiger partial charge on any atom is -0.393 e. The quantitative estimate of drug-likeness (QED) is 0.363. The summed E-state index contributed by atoms with van der Waals surface area (Å²) in [5.41, 5.74) is 0. The Bertz CT molecular complexity index is 177. The van der Waals surface area contributed by atoms with E-state index in [0.717, 1.165) is 19.3 Å². The molecule has 0 bridgehead atoms. The summed E-state index contributed by atoms with van der Waals surface area (Å²) in [5.74, 6) is -0.778. The van der Waals surface area contributed by atoms with E-state index in [4.69, 9.17) is 0 Å². The van der Waals surface area contributed by atoms with E-state index in [-0.39, 0.29) is 23.8 Å². The van der Waals surface area contributed by atoms with Crippen LogP contribution in [0.25, 0.3) is 0 Å². The third-order valence-corrected chi connectivity index (χ3v) is 2.32. The van der Waals surface area contributed by atoms with Crippen LogP contribution in [-0.4, -0.2) is 11.9 Å². The lowest BCUT2D eigenvalue weighted by Gasteiger charge is -1.95. The van der Waals surface area contributed by atoms with Crippen LogP contribution in [0.1, 0.15) is 19.3 Å². The third kappa shape index (κ3) is 0.602. The van der Waals surface area contributed by atoms with Crippen LogP contribution >= 0.6 is 0 Å². The molecule has 0 unspecified atom stereocenters. The molecule has 2 atom stereocenters. The van der Waals surface area contributed by atoms with Crippen LogP contribution in [0.2, 0.25) is 0 Å². The van der Waals surface area contributed by atoms with Gasteiger partial charge in [0.2, 0.25) is 0 Å². The van der Waals surface area contributed by atoms with Gasteiger partial charge in [-0.3, -0.25) is 9.59 Å². The van der Waals surface area contributed by atoms with Gasteiger partial charge in [0.1, 0.15) is 0 Å². The zero-order valence-electron chi connectivity index (χ0n) is 5.50. The predicted octanol–water partition coefficient (Wildman–Crippen LogP) is 0.486. The molecule has 2 aliphatic rings. The zero-order chi connectivity index (χ0) is 7.14. The first-order valence-corrected chi connectivity index (χ1v) is 3.54. The van der Waals surface area contributed by atoms with Gasteiger partial charge in [-0.25, -0.2) is 0 Å². The van der Waals surface area contributed by atoms with Crippen molar-refractivity contribution in [1.29, 1.82) is 0 Å². The lowest BCUT2D eigenvalue weighted by molar-refractivity contribution is -0.154. The second-order valence-corrected chi connectivity index (χ2v) is 2.88. The van der Waals surface area contributed by atoms with Crippen molar-refractivity contribution in [2.45, 2.75) is 19.3 Å². The summed E-state index contributed by atoms with van der Waals surface area (Å²) in [4.78, 5) is 21.6. The van der Waals surface area contributed by atoms with Gasteiger partial charge in [0.25, 0.3) is 0 Å². The first-order valence-electron chi connectivity index (χ1n) is 3.54. The number of rotatable bonds is 0. The predicted molar refractivity (Wildman–Crippen MR) is 31.9 cm³/mol. The number of esters is 2. The van der Waals surface area contributed by atoms with E-state index in [1.165, 1.54) is 0 Å². The number of carbonyl (C=O) groups is 2. The maximum Gasteiger partial charge on any atom is 0.317 e. The second-order valence-electron chi connectivity index (χ2n) is 2.88. The Morgan fingerprint density at radius 1 is 1.10 bits per heavy atom. The Morgan fingerprint density at radius 2 is 1.60 bits per heavy atom. The molecule has 1 saturated heterocycles. The number of fused-ring (bicyclic) bond motifs is 1. The number of carbonyl (C=O) groups excluding carboxylic acids is 2. The van der Waals surface area contributed by atoms with Gasteiger partial charge in [0.05, 0.1) is 11.8 Å². The molecule has 0 amide bonds. The number of hydrogen-bond acceptors (Lipinski definition) is 3. The Morgan fingerprint density at radius 3 is 2.10 bits per heavy atom. The molecule has 2 fully saturated rings. The maximum atomic E-state index is 10.8. The fourth-order valence-corrected chi connectivity index (χ4v) is 1.77. The summed E-state index contributed by atoms with van der Waals surface area (Å²) in [6.45, 7) is 0. The van der Waals surface area contributed by atoms with E-state index < -0.39 is 0 Å². The van der Waals surface area contributed by atoms with E-state index in [9.17, 15) is 9.59 Å². The summed E-state index contributed by atoms with van der Waals surface area (Å²) >= 11 is 0. The largest absolute Gasteiger partial charge is 0.393 e. The van der Waals surface area contributed by atoms with E-state index in [0.29, 0.717) is 0 Å². The Hall–Kier alpha value is -0.860. The molecular weight excluding hydrogens is 132 g/mol. The van der Waals surface area contributed by atoms with Crippen molar-refractivity contribution in [3.63, 3.8) is 0 Å². The molecule has 54 valence electrons. The van der Waals surface area contributed by atoms with Crippen LogP contribution in [0, 0.1) is 11.8 Å². The van der Waals surface area contributed by atoms with Crippen molar-refractivity contribution in [2.75, 3.05) is 0 Å². The molecule has 3 nitrogen and oxygen atoms in total. The van der Waals surface area contributed by atoms with Crippen LogP contribution in [0.15, 0.2) is 0 Å². The monoisotopic (exact) mass is 140 g/mol. The molecule has 3 heteroatoms. The molecule has 1 aliphatic heterocycles. The van der Waals surface area contributed by atoms with Gasteiger partial charge >= 0.3 is 11.9 Å². The van der Waals surface area contributed by atoms with E-state index in [1.807, 2.05) is 0 Å². The average Bonchev–Trinajstić information content (AvgIpc) is 2.39. The highest BCUT2D eigenvalue weighted by molar-refractivity contribution is 5.96. The molecule has 10 heavy (non-hydrogen) atoms.